The van der Waals surface area contributed by atoms with Crippen LogP contribution in [0.25, 0.3) is 6.08 Å². The smallest absolute Gasteiger partial charge is 0.222 e. The van der Waals surface area contributed by atoms with Gasteiger partial charge in [0.1, 0.15) is 0 Å². The predicted octanol–water partition coefficient (Wildman–Crippen LogP) is 4.37. The molecule has 0 spiro atoms. The fourth-order valence-corrected chi connectivity index (χ4v) is 2.18. The summed E-state index contributed by atoms with van der Waals surface area (Å²) in [5, 5.41) is 0. The van der Waals surface area contributed by atoms with Crippen molar-refractivity contribution < 1.29 is 4.79 Å². The maximum absolute atomic E-state index is 12.2. The lowest BCUT2D eigenvalue weighted by Crippen LogP contribution is -2.34. The van der Waals surface area contributed by atoms with Gasteiger partial charge in [0, 0.05) is 19.5 Å². The second-order valence-electron chi connectivity index (χ2n) is 5.59. The van der Waals surface area contributed by atoms with Crippen LogP contribution in [0, 0.1) is 5.92 Å². The molecule has 0 aliphatic heterocycles. The van der Waals surface area contributed by atoms with Crippen LogP contribution in [0.3, 0.4) is 0 Å². The summed E-state index contributed by atoms with van der Waals surface area (Å²) in [6, 6.07) is 10.2. The first-order valence-electron chi connectivity index (χ1n) is 7.62. The summed E-state index contributed by atoms with van der Waals surface area (Å²) in [7, 11) is 0. The Morgan fingerprint density at radius 2 is 1.95 bits per heavy atom. The zero-order chi connectivity index (χ0) is 14.8. The zero-order valence-corrected chi connectivity index (χ0v) is 13.0. The predicted molar refractivity (Wildman–Crippen MR) is 86.4 cm³/mol. The van der Waals surface area contributed by atoms with Gasteiger partial charge in [-0.3, -0.25) is 4.79 Å². The van der Waals surface area contributed by atoms with Crippen molar-refractivity contribution in [3.8, 4) is 0 Å². The highest BCUT2D eigenvalue weighted by atomic mass is 16.2. The molecule has 0 aliphatic rings. The Morgan fingerprint density at radius 1 is 1.25 bits per heavy atom. The highest BCUT2D eigenvalue weighted by molar-refractivity contribution is 5.76. The minimum atomic E-state index is 0.276. The molecule has 0 radical (unpaired) electrons. The molecule has 1 amide bonds. The Labute approximate surface area is 123 Å². The van der Waals surface area contributed by atoms with E-state index in [4.69, 9.17) is 0 Å². The van der Waals surface area contributed by atoms with Crippen LogP contribution in [0.15, 0.2) is 36.4 Å². The van der Waals surface area contributed by atoms with Gasteiger partial charge >= 0.3 is 0 Å². The fraction of sp³-hybridized carbons (Fsp3) is 0.500. The lowest BCUT2D eigenvalue weighted by molar-refractivity contribution is -0.131. The molecule has 0 bridgehead atoms. The van der Waals surface area contributed by atoms with E-state index in [9.17, 15) is 4.79 Å². The van der Waals surface area contributed by atoms with Crippen LogP contribution in [0.2, 0.25) is 0 Å². The van der Waals surface area contributed by atoms with Crippen molar-refractivity contribution >= 4 is 12.0 Å². The normalized spacial score (nSPS) is 11.2. The average Bonchev–Trinajstić information content (AvgIpc) is 2.43. The number of amides is 1. The molecule has 0 N–H and O–H groups in total. The topological polar surface area (TPSA) is 20.3 Å². The Morgan fingerprint density at radius 3 is 2.55 bits per heavy atom. The standard InChI is InChI=1S/C18H27NO/c1-4-14-19(15-16(2)3)18(20)13-9-8-12-17-10-6-5-7-11-17/h5-8,10-12,16H,4,9,13-15H2,1-3H3/b12-8+. The van der Waals surface area contributed by atoms with Gasteiger partial charge in [0.05, 0.1) is 0 Å². The summed E-state index contributed by atoms with van der Waals surface area (Å²) >= 11 is 0. The quantitative estimate of drug-likeness (QED) is 0.688. The number of carbonyl (C=O) groups is 1. The molecule has 20 heavy (non-hydrogen) atoms. The second kappa shape index (κ2) is 9.35. The lowest BCUT2D eigenvalue weighted by Gasteiger charge is -2.23. The average molecular weight is 273 g/mol. The van der Waals surface area contributed by atoms with Gasteiger partial charge in [-0.05, 0) is 24.3 Å². The van der Waals surface area contributed by atoms with Gasteiger partial charge in [0.25, 0.3) is 0 Å². The molecule has 0 heterocycles. The van der Waals surface area contributed by atoms with E-state index < -0.39 is 0 Å². The molecular weight excluding hydrogens is 246 g/mol. The molecular formula is C18H27NO. The number of nitrogens with zero attached hydrogens (tertiary/aromatic N) is 1. The molecule has 0 atom stereocenters. The van der Waals surface area contributed by atoms with E-state index in [0.717, 1.165) is 25.9 Å². The zero-order valence-electron chi connectivity index (χ0n) is 13.0. The summed E-state index contributed by atoms with van der Waals surface area (Å²) in [4.78, 5) is 14.2. The second-order valence-corrected chi connectivity index (χ2v) is 5.59. The first kappa shape index (κ1) is 16.5. The van der Waals surface area contributed by atoms with Gasteiger partial charge in [-0.15, -0.1) is 0 Å². The minimum Gasteiger partial charge on any atom is -0.342 e. The molecule has 2 heteroatoms. The van der Waals surface area contributed by atoms with Crippen molar-refractivity contribution in [3.63, 3.8) is 0 Å². The van der Waals surface area contributed by atoms with Crippen molar-refractivity contribution in [2.45, 2.75) is 40.0 Å². The van der Waals surface area contributed by atoms with Gasteiger partial charge in [0.2, 0.25) is 5.91 Å². The molecule has 0 aromatic heterocycles. The molecule has 1 aromatic rings. The molecule has 2 nitrogen and oxygen atoms in total. The third-order valence-corrected chi connectivity index (χ3v) is 3.07. The summed E-state index contributed by atoms with van der Waals surface area (Å²) < 4.78 is 0. The van der Waals surface area contributed by atoms with Crippen molar-refractivity contribution in [3.05, 3.63) is 42.0 Å². The summed E-state index contributed by atoms with van der Waals surface area (Å²) in [5.74, 6) is 0.809. The molecule has 0 fully saturated rings. The van der Waals surface area contributed by atoms with E-state index in [1.54, 1.807) is 0 Å². The van der Waals surface area contributed by atoms with Gasteiger partial charge in [0.15, 0.2) is 0 Å². The van der Waals surface area contributed by atoms with Crippen LogP contribution in [0.1, 0.15) is 45.6 Å². The lowest BCUT2D eigenvalue weighted by atomic mass is 10.1. The number of carbonyl (C=O) groups excluding carboxylic acids is 1. The Hall–Kier alpha value is -1.57. The number of hydrogen-bond acceptors (Lipinski definition) is 1. The molecule has 1 rings (SSSR count). The number of benzene rings is 1. The van der Waals surface area contributed by atoms with E-state index in [-0.39, 0.29) is 5.91 Å². The van der Waals surface area contributed by atoms with Crippen molar-refractivity contribution in [2.75, 3.05) is 13.1 Å². The number of rotatable bonds is 8. The van der Waals surface area contributed by atoms with E-state index >= 15 is 0 Å². The molecule has 110 valence electrons. The molecule has 1 aromatic carbocycles. The third-order valence-electron chi connectivity index (χ3n) is 3.07. The maximum atomic E-state index is 12.2. The van der Waals surface area contributed by atoms with Crippen LogP contribution in [0.4, 0.5) is 0 Å². The molecule has 0 saturated carbocycles. The third kappa shape index (κ3) is 6.55. The monoisotopic (exact) mass is 273 g/mol. The fourth-order valence-electron chi connectivity index (χ4n) is 2.18. The first-order chi connectivity index (χ1) is 9.63. The van der Waals surface area contributed by atoms with Gasteiger partial charge < -0.3 is 4.90 Å². The van der Waals surface area contributed by atoms with Gasteiger partial charge in [-0.1, -0.05) is 63.3 Å². The molecule has 0 saturated heterocycles. The van der Waals surface area contributed by atoms with Crippen LogP contribution in [0.5, 0.6) is 0 Å². The Balaban J connectivity index is 2.39. The Bertz CT molecular complexity index is 409. The number of allylic oxidation sites excluding steroid dienone is 1. The van der Waals surface area contributed by atoms with Gasteiger partial charge in [-0.2, -0.15) is 0 Å². The summed E-state index contributed by atoms with van der Waals surface area (Å²) in [6.07, 6.45) is 6.62. The largest absolute Gasteiger partial charge is 0.342 e. The van der Waals surface area contributed by atoms with Crippen LogP contribution >= 0.6 is 0 Å². The van der Waals surface area contributed by atoms with Crippen LogP contribution < -0.4 is 0 Å². The Kier molecular flexibility index (Phi) is 7.71. The van der Waals surface area contributed by atoms with E-state index in [2.05, 4.69) is 45.1 Å². The van der Waals surface area contributed by atoms with Gasteiger partial charge in [-0.25, -0.2) is 0 Å². The summed E-state index contributed by atoms with van der Waals surface area (Å²) in [6.45, 7) is 8.18. The van der Waals surface area contributed by atoms with E-state index in [1.165, 1.54) is 5.56 Å². The van der Waals surface area contributed by atoms with Crippen LogP contribution in [-0.2, 0) is 4.79 Å². The van der Waals surface area contributed by atoms with Crippen molar-refractivity contribution in [2.24, 2.45) is 5.92 Å². The summed E-state index contributed by atoms with van der Waals surface area (Å²) in [5.41, 5.74) is 1.19. The highest BCUT2D eigenvalue weighted by Gasteiger charge is 2.12. The highest BCUT2D eigenvalue weighted by Crippen LogP contribution is 2.07. The van der Waals surface area contributed by atoms with Crippen molar-refractivity contribution in [1.82, 2.24) is 4.90 Å². The van der Waals surface area contributed by atoms with E-state index in [1.807, 2.05) is 23.1 Å². The SMILES string of the molecule is CCCN(CC(C)C)C(=O)CC/C=C/c1ccccc1. The molecule has 0 aliphatic carbocycles. The molecule has 0 unspecified atom stereocenters. The first-order valence-corrected chi connectivity index (χ1v) is 7.62. The number of hydrogen-bond donors (Lipinski definition) is 0. The van der Waals surface area contributed by atoms with Crippen LogP contribution in [-0.4, -0.2) is 23.9 Å². The van der Waals surface area contributed by atoms with Crippen molar-refractivity contribution in [1.29, 1.82) is 0 Å². The maximum Gasteiger partial charge on any atom is 0.222 e. The minimum absolute atomic E-state index is 0.276. The van der Waals surface area contributed by atoms with E-state index in [0.29, 0.717) is 12.3 Å².